The molecule has 0 atom stereocenters. The number of carbonyl (C=O) groups excluding carboxylic acids is 1. The number of fused-ring (bicyclic) bond motifs is 1. The van der Waals surface area contributed by atoms with Gasteiger partial charge in [0.05, 0.1) is 22.1 Å². The van der Waals surface area contributed by atoms with E-state index in [2.05, 4.69) is 32.4 Å². The largest absolute Gasteiger partial charge is 0.296 e. The van der Waals surface area contributed by atoms with Gasteiger partial charge in [0.1, 0.15) is 0 Å². The van der Waals surface area contributed by atoms with Crippen LogP contribution in [0.3, 0.4) is 0 Å². The minimum absolute atomic E-state index is 0.00980. The van der Waals surface area contributed by atoms with Gasteiger partial charge in [0.2, 0.25) is 11.9 Å². The highest BCUT2D eigenvalue weighted by atomic mass is 32.2. The second-order valence-electron chi connectivity index (χ2n) is 7.57. The Morgan fingerprint density at radius 3 is 2.72 bits per heavy atom. The number of nitrogens with one attached hydrogen (secondary N) is 1. The molecule has 1 N–H and O–H groups in total. The average Bonchev–Trinajstić information content (AvgIpc) is 3.31. The molecular formula is C19H21N5O3S2. The molecule has 0 spiro atoms. The fourth-order valence-corrected chi connectivity index (χ4v) is 5.77. The van der Waals surface area contributed by atoms with Crippen LogP contribution in [0.1, 0.15) is 17.7 Å². The van der Waals surface area contributed by atoms with Crippen molar-refractivity contribution < 1.29 is 13.2 Å². The molecule has 5 rings (SSSR count). The van der Waals surface area contributed by atoms with Gasteiger partial charge in [0.15, 0.2) is 15.5 Å². The summed E-state index contributed by atoms with van der Waals surface area (Å²) in [5.41, 5.74) is 1.60. The summed E-state index contributed by atoms with van der Waals surface area (Å²) in [6, 6.07) is 9.91. The number of rotatable bonds is 5. The molecule has 3 aromatic heterocycles. The van der Waals surface area contributed by atoms with Crippen LogP contribution in [0, 0.1) is 5.92 Å². The van der Waals surface area contributed by atoms with E-state index in [0.29, 0.717) is 24.7 Å². The molecule has 1 aliphatic heterocycles. The van der Waals surface area contributed by atoms with Crippen LogP contribution in [0.2, 0.25) is 0 Å². The number of anilines is 1. The summed E-state index contributed by atoms with van der Waals surface area (Å²) in [6.07, 6.45) is 1.87. The van der Waals surface area contributed by atoms with Crippen molar-refractivity contribution in [3.8, 4) is 10.6 Å². The Hall–Kier alpha value is -2.30. The summed E-state index contributed by atoms with van der Waals surface area (Å²) < 4.78 is 25.0. The molecule has 8 nitrogen and oxygen atoms in total. The van der Waals surface area contributed by atoms with Crippen molar-refractivity contribution in [2.24, 2.45) is 5.92 Å². The summed E-state index contributed by atoms with van der Waals surface area (Å²) in [5, 5.41) is 7.29. The molecule has 1 saturated carbocycles. The molecule has 3 aromatic rings. The van der Waals surface area contributed by atoms with Gasteiger partial charge in [-0.3, -0.25) is 15.0 Å². The predicted molar refractivity (Wildman–Crippen MR) is 112 cm³/mol. The number of hydrogen-bond donors (Lipinski definition) is 1. The summed E-state index contributed by atoms with van der Waals surface area (Å²) >= 11 is 1.67. The quantitative estimate of drug-likeness (QED) is 0.664. The molecule has 2 aliphatic rings. The van der Waals surface area contributed by atoms with Gasteiger partial charge in [-0.15, -0.1) is 16.4 Å². The van der Waals surface area contributed by atoms with E-state index in [4.69, 9.17) is 0 Å². The molecule has 0 aromatic carbocycles. The van der Waals surface area contributed by atoms with Crippen LogP contribution in [0.5, 0.6) is 0 Å². The summed E-state index contributed by atoms with van der Waals surface area (Å²) in [7, 11) is -2.86. The maximum Gasteiger partial charge on any atom is 0.249 e. The summed E-state index contributed by atoms with van der Waals surface area (Å²) in [4.78, 5) is 20.8. The van der Waals surface area contributed by atoms with E-state index in [0.717, 1.165) is 30.0 Å². The van der Waals surface area contributed by atoms with Crippen molar-refractivity contribution in [2.75, 3.05) is 29.9 Å². The van der Waals surface area contributed by atoms with Crippen LogP contribution in [0.25, 0.3) is 16.2 Å². The molecule has 2 fully saturated rings. The third-order valence-electron chi connectivity index (χ3n) is 5.27. The van der Waals surface area contributed by atoms with Crippen molar-refractivity contribution in [1.29, 1.82) is 0 Å². The lowest BCUT2D eigenvalue weighted by molar-refractivity contribution is -0.117. The van der Waals surface area contributed by atoms with Gasteiger partial charge in [-0.05, 0) is 37.1 Å². The third kappa shape index (κ3) is 4.05. The smallest absolute Gasteiger partial charge is 0.249 e. The van der Waals surface area contributed by atoms with Crippen LogP contribution in [-0.2, 0) is 21.2 Å². The van der Waals surface area contributed by atoms with Crippen LogP contribution < -0.4 is 5.32 Å². The highest BCUT2D eigenvalue weighted by Crippen LogP contribution is 2.31. The predicted octanol–water partition coefficient (Wildman–Crippen LogP) is 2.04. The van der Waals surface area contributed by atoms with Crippen molar-refractivity contribution in [3.05, 3.63) is 35.2 Å². The molecule has 0 radical (unpaired) electrons. The maximum absolute atomic E-state index is 12.0. The van der Waals surface area contributed by atoms with E-state index in [9.17, 15) is 13.2 Å². The number of amides is 1. The van der Waals surface area contributed by atoms with Crippen LogP contribution >= 0.6 is 11.3 Å². The number of carbonyl (C=O) groups is 1. The highest BCUT2D eigenvalue weighted by molar-refractivity contribution is 7.91. The lowest BCUT2D eigenvalue weighted by Crippen LogP contribution is -2.39. The maximum atomic E-state index is 12.0. The summed E-state index contributed by atoms with van der Waals surface area (Å²) in [6.45, 7) is 1.91. The SMILES string of the molecule is O=C(Nc1nc2cccc(-c3ccc(CN4CCS(=O)(=O)CC4)s3)n2n1)C1CC1. The molecule has 1 amide bonds. The molecule has 10 heteroatoms. The van der Waals surface area contributed by atoms with Crippen LogP contribution in [0.15, 0.2) is 30.3 Å². The molecule has 1 saturated heterocycles. The first-order valence-electron chi connectivity index (χ1n) is 9.65. The van der Waals surface area contributed by atoms with Gasteiger partial charge in [-0.25, -0.2) is 12.9 Å². The molecule has 4 heterocycles. The molecule has 29 heavy (non-hydrogen) atoms. The molecule has 152 valence electrons. The first kappa shape index (κ1) is 18.7. The number of aromatic nitrogens is 3. The number of thiophene rings is 1. The Balaban J connectivity index is 1.35. The molecular weight excluding hydrogens is 410 g/mol. The van der Waals surface area contributed by atoms with E-state index in [1.54, 1.807) is 15.9 Å². The average molecular weight is 432 g/mol. The lowest BCUT2D eigenvalue weighted by Gasteiger charge is -2.25. The molecule has 1 aliphatic carbocycles. The lowest BCUT2D eigenvalue weighted by atomic mass is 10.3. The topological polar surface area (TPSA) is 96.7 Å². The standard InChI is InChI=1S/C19H21N5O3S2/c25-18(13-4-5-13)21-19-20-17-3-1-2-15(24(17)22-19)16-7-6-14(28-16)12-23-8-10-29(26,27)11-9-23/h1-3,6-7,13H,4-5,8-12H2,(H,21,22,25). The fraction of sp³-hybridized carbons (Fsp3) is 0.421. The summed E-state index contributed by atoms with van der Waals surface area (Å²) in [5.74, 6) is 0.897. The van der Waals surface area contributed by atoms with Gasteiger partial charge in [0, 0.05) is 30.4 Å². The Bertz CT molecular complexity index is 1170. The van der Waals surface area contributed by atoms with E-state index in [1.807, 2.05) is 18.2 Å². The number of nitrogens with zero attached hydrogens (tertiary/aromatic N) is 4. The first-order valence-corrected chi connectivity index (χ1v) is 12.3. The monoisotopic (exact) mass is 431 g/mol. The highest BCUT2D eigenvalue weighted by Gasteiger charge is 2.30. The Kier molecular flexibility index (Phi) is 4.64. The minimum atomic E-state index is -2.86. The Labute approximate surface area is 172 Å². The Morgan fingerprint density at radius 2 is 1.97 bits per heavy atom. The zero-order valence-corrected chi connectivity index (χ0v) is 17.4. The van der Waals surface area contributed by atoms with Gasteiger partial charge in [-0.1, -0.05) is 6.07 Å². The van der Waals surface area contributed by atoms with Gasteiger partial charge in [0.25, 0.3) is 0 Å². The van der Waals surface area contributed by atoms with Crippen molar-refractivity contribution in [2.45, 2.75) is 19.4 Å². The minimum Gasteiger partial charge on any atom is -0.296 e. The molecule has 0 bridgehead atoms. The zero-order chi connectivity index (χ0) is 20.0. The van der Waals surface area contributed by atoms with Crippen molar-refractivity contribution in [3.63, 3.8) is 0 Å². The normalized spacial score (nSPS) is 19.4. The van der Waals surface area contributed by atoms with E-state index >= 15 is 0 Å². The van der Waals surface area contributed by atoms with E-state index in [-0.39, 0.29) is 23.3 Å². The fourth-order valence-electron chi connectivity index (χ4n) is 3.43. The molecule has 0 unspecified atom stereocenters. The first-order chi connectivity index (χ1) is 14.0. The van der Waals surface area contributed by atoms with E-state index in [1.165, 1.54) is 4.88 Å². The third-order valence-corrected chi connectivity index (χ3v) is 7.98. The number of pyridine rings is 1. The van der Waals surface area contributed by atoms with Crippen molar-refractivity contribution in [1.82, 2.24) is 19.5 Å². The van der Waals surface area contributed by atoms with Gasteiger partial charge < -0.3 is 0 Å². The van der Waals surface area contributed by atoms with E-state index < -0.39 is 9.84 Å². The second-order valence-corrected chi connectivity index (χ2v) is 11.0. The van der Waals surface area contributed by atoms with Crippen molar-refractivity contribution >= 4 is 38.7 Å². The van der Waals surface area contributed by atoms with Crippen LogP contribution in [-0.4, -0.2) is 58.4 Å². The zero-order valence-electron chi connectivity index (χ0n) is 15.7. The Morgan fingerprint density at radius 1 is 1.17 bits per heavy atom. The number of sulfone groups is 1. The van der Waals surface area contributed by atoms with Crippen LogP contribution in [0.4, 0.5) is 5.95 Å². The second kappa shape index (κ2) is 7.19. The number of hydrogen-bond acceptors (Lipinski definition) is 7. The van der Waals surface area contributed by atoms with Gasteiger partial charge >= 0.3 is 0 Å². The van der Waals surface area contributed by atoms with Gasteiger partial charge in [-0.2, -0.15) is 4.98 Å².